The number of aromatic nitrogens is 4. The van der Waals surface area contributed by atoms with Crippen molar-refractivity contribution < 1.29 is 4.39 Å². The van der Waals surface area contributed by atoms with E-state index in [0.29, 0.717) is 29.0 Å². The van der Waals surface area contributed by atoms with Gasteiger partial charge in [-0.2, -0.15) is 0 Å². The number of imidazole rings is 1. The minimum Gasteiger partial charge on any atom is -0.271 e. The van der Waals surface area contributed by atoms with E-state index < -0.39 is 11.5 Å². The summed E-state index contributed by atoms with van der Waals surface area (Å²) in [7, 11) is 0. The lowest BCUT2D eigenvalue weighted by atomic mass is 10.2. The zero-order chi connectivity index (χ0) is 17.4. The SMILES string of the molecule is CCCc1nc(Cl)c2c(n1)n(Cc1ccc(Cl)c(F)c1)c(=O)n2S. The van der Waals surface area contributed by atoms with Crippen molar-refractivity contribution in [3.8, 4) is 0 Å². The number of aryl methyl sites for hydroxylation is 1. The quantitative estimate of drug-likeness (QED) is 0.548. The van der Waals surface area contributed by atoms with Crippen LogP contribution in [0.25, 0.3) is 11.2 Å². The molecular weight excluding hydrogens is 374 g/mol. The monoisotopic (exact) mass is 386 g/mol. The van der Waals surface area contributed by atoms with Crippen molar-refractivity contribution in [2.24, 2.45) is 0 Å². The predicted octanol–water partition coefficient (Wildman–Crippen LogP) is 3.73. The molecule has 2 heterocycles. The highest BCUT2D eigenvalue weighted by Crippen LogP contribution is 2.22. The summed E-state index contributed by atoms with van der Waals surface area (Å²) in [5.41, 5.74) is 0.855. The van der Waals surface area contributed by atoms with E-state index >= 15 is 0 Å². The summed E-state index contributed by atoms with van der Waals surface area (Å²) in [4.78, 5) is 21.1. The van der Waals surface area contributed by atoms with Gasteiger partial charge in [-0.1, -0.05) is 49.0 Å². The summed E-state index contributed by atoms with van der Waals surface area (Å²) >= 11 is 16.0. The maximum Gasteiger partial charge on any atom is 0.340 e. The lowest BCUT2D eigenvalue weighted by Crippen LogP contribution is -2.21. The molecule has 0 saturated carbocycles. The van der Waals surface area contributed by atoms with Gasteiger partial charge in [0.2, 0.25) is 0 Å². The normalized spacial score (nSPS) is 11.4. The van der Waals surface area contributed by atoms with Gasteiger partial charge in [-0.05, 0) is 24.1 Å². The van der Waals surface area contributed by atoms with Gasteiger partial charge in [0, 0.05) is 6.42 Å². The highest BCUT2D eigenvalue weighted by atomic mass is 35.5. The predicted molar refractivity (Wildman–Crippen MR) is 95.7 cm³/mol. The van der Waals surface area contributed by atoms with Gasteiger partial charge in [-0.25, -0.2) is 23.1 Å². The van der Waals surface area contributed by atoms with Crippen LogP contribution < -0.4 is 5.69 Å². The summed E-state index contributed by atoms with van der Waals surface area (Å²) in [6.07, 6.45) is 1.48. The van der Waals surface area contributed by atoms with Crippen LogP contribution in [0.1, 0.15) is 24.7 Å². The fourth-order valence-corrected chi connectivity index (χ4v) is 3.16. The van der Waals surface area contributed by atoms with Crippen LogP contribution in [0.2, 0.25) is 10.2 Å². The van der Waals surface area contributed by atoms with E-state index in [1.807, 2.05) is 6.92 Å². The van der Waals surface area contributed by atoms with E-state index in [1.54, 1.807) is 6.07 Å². The molecule has 3 aromatic rings. The number of benzene rings is 1. The van der Waals surface area contributed by atoms with Crippen LogP contribution in [-0.2, 0) is 13.0 Å². The first-order chi connectivity index (χ1) is 11.4. The standard InChI is InChI=1S/C15H13Cl2FN4OS/c1-2-3-11-19-13(17)12-14(20-11)21(15(23)22(12)24)7-8-4-5-9(16)10(18)6-8/h4-6,24H,2-3,7H2,1H3. The first-order valence-corrected chi connectivity index (χ1v) is 8.38. The van der Waals surface area contributed by atoms with Crippen molar-refractivity contribution in [3.63, 3.8) is 0 Å². The van der Waals surface area contributed by atoms with Crippen LogP contribution >= 0.6 is 36.0 Å². The van der Waals surface area contributed by atoms with E-state index in [-0.39, 0.29) is 16.7 Å². The highest BCUT2D eigenvalue weighted by Gasteiger charge is 2.18. The Hall–Kier alpha value is -1.57. The van der Waals surface area contributed by atoms with E-state index in [1.165, 1.54) is 16.7 Å². The Bertz CT molecular complexity index is 986. The van der Waals surface area contributed by atoms with Gasteiger partial charge < -0.3 is 0 Å². The van der Waals surface area contributed by atoms with Crippen molar-refractivity contribution in [1.29, 1.82) is 0 Å². The Morgan fingerprint density at radius 2 is 2.04 bits per heavy atom. The van der Waals surface area contributed by atoms with Gasteiger partial charge in [0.05, 0.1) is 11.6 Å². The topological polar surface area (TPSA) is 52.7 Å². The number of fused-ring (bicyclic) bond motifs is 1. The van der Waals surface area contributed by atoms with Crippen LogP contribution in [0, 0.1) is 5.82 Å². The smallest absolute Gasteiger partial charge is 0.271 e. The summed E-state index contributed by atoms with van der Waals surface area (Å²) < 4.78 is 16.1. The number of rotatable bonds is 4. The van der Waals surface area contributed by atoms with Crippen LogP contribution in [0.4, 0.5) is 4.39 Å². The summed E-state index contributed by atoms with van der Waals surface area (Å²) in [5.74, 6) is 0.00104. The molecule has 0 fully saturated rings. The van der Waals surface area contributed by atoms with Gasteiger partial charge in [0.25, 0.3) is 0 Å². The van der Waals surface area contributed by atoms with Crippen LogP contribution in [-0.4, -0.2) is 18.5 Å². The maximum absolute atomic E-state index is 13.6. The molecule has 126 valence electrons. The van der Waals surface area contributed by atoms with Gasteiger partial charge in [0.15, 0.2) is 10.8 Å². The van der Waals surface area contributed by atoms with Crippen molar-refractivity contribution in [2.75, 3.05) is 0 Å². The molecule has 5 nitrogen and oxygen atoms in total. The Balaban J connectivity index is 2.17. The van der Waals surface area contributed by atoms with E-state index in [4.69, 9.17) is 23.2 Å². The van der Waals surface area contributed by atoms with Gasteiger partial charge in [0.1, 0.15) is 17.2 Å². The molecule has 0 N–H and O–H groups in total. The molecule has 0 aliphatic rings. The van der Waals surface area contributed by atoms with Crippen molar-refractivity contribution >= 4 is 47.2 Å². The lowest BCUT2D eigenvalue weighted by Gasteiger charge is -2.05. The van der Waals surface area contributed by atoms with E-state index in [9.17, 15) is 9.18 Å². The molecule has 0 bridgehead atoms. The third-order valence-electron chi connectivity index (χ3n) is 3.55. The molecule has 9 heteroatoms. The first-order valence-electron chi connectivity index (χ1n) is 7.23. The Morgan fingerprint density at radius 1 is 1.29 bits per heavy atom. The fourth-order valence-electron chi connectivity index (χ4n) is 2.43. The lowest BCUT2D eigenvalue weighted by molar-refractivity contribution is 0.623. The fraction of sp³-hybridized carbons (Fsp3) is 0.267. The van der Waals surface area contributed by atoms with Crippen molar-refractivity contribution in [2.45, 2.75) is 26.3 Å². The Kier molecular flexibility index (Phi) is 4.85. The molecular formula is C15H13Cl2FN4OS. The summed E-state index contributed by atoms with van der Waals surface area (Å²) in [6.45, 7) is 2.12. The largest absolute Gasteiger partial charge is 0.340 e. The average molecular weight is 387 g/mol. The van der Waals surface area contributed by atoms with Crippen molar-refractivity contribution in [1.82, 2.24) is 18.5 Å². The highest BCUT2D eigenvalue weighted by molar-refractivity contribution is 7.78. The summed E-state index contributed by atoms with van der Waals surface area (Å²) in [6, 6.07) is 4.38. The summed E-state index contributed by atoms with van der Waals surface area (Å²) in [5, 5.41) is 0.190. The molecule has 0 aliphatic heterocycles. The molecule has 0 spiro atoms. The molecule has 24 heavy (non-hydrogen) atoms. The average Bonchev–Trinajstić information content (AvgIpc) is 2.76. The zero-order valence-corrected chi connectivity index (χ0v) is 15.0. The van der Waals surface area contributed by atoms with Gasteiger partial charge in [-0.3, -0.25) is 4.57 Å². The molecule has 0 radical (unpaired) electrons. The Morgan fingerprint density at radius 3 is 2.71 bits per heavy atom. The molecule has 0 aliphatic carbocycles. The third-order valence-corrected chi connectivity index (χ3v) is 4.49. The second kappa shape index (κ2) is 6.74. The number of halogens is 3. The van der Waals surface area contributed by atoms with E-state index in [2.05, 4.69) is 22.8 Å². The van der Waals surface area contributed by atoms with Crippen LogP contribution in [0.5, 0.6) is 0 Å². The second-order valence-corrected chi connectivity index (χ2v) is 6.45. The van der Waals surface area contributed by atoms with E-state index in [0.717, 1.165) is 10.4 Å². The van der Waals surface area contributed by atoms with Gasteiger partial charge >= 0.3 is 5.69 Å². The molecule has 0 saturated heterocycles. The molecule has 1 aromatic carbocycles. The van der Waals surface area contributed by atoms with Crippen LogP contribution in [0.3, 0.4) is 0 Å². The first kappa shape index (κ1) is 17.3. The Labute approximate surface area is 152 Å². The zero-order valence-electron chi connectivity index (χ0n) is 12.6. The molecule has 0 atom stereocenters. The van der Waals surface area contributed by atoms with Gasteiger partial charge in [-0.15, -0.1) is 0 Å². The minimum atomic E-state index is -0.545. The number of thiol groups is 1. The second-order valence-electron chi connectivity index (χ2n) is 5.28. The van der Waals surface area contributed by atoms with Crippen LogP contribution in [0.15, 0.2) is 23.0 Å². The third kappa shape index (κ3) is 3.03. The van der Waals surface area contributed by atoms with Crippen molar-refractivity contribution in [3.05, 3.63) is 56.1 Å². The molecule has 0 amide bonds. The maximum atomic E-state index is 13.6. The molecule has 2 aromatic heterocycles. The minimum absolute atomic E-state index is 0.0262. The molecule has 3 rings (SSSR count). The number of hydrogen-bond donors (Lipinski definition) is 1. The number of nitrogens with zero attached hydrogens (tertiary/aromatic N) is 4. The molecule has 0 unspecified atom stereocenters. The number of hydrogen-bond acceptors (Lipinski definition) is 4.